The lowest BCUT2D eigenvalue weighted by Gasteiger charge is -2.36. The number of amides is 4. The van der Waals surface area contributed by atoms with Gasteiger partial charge in [0.05, 0.1) is 31.6 Å². The molecule has 17 heteroatoms. The van der Waals surface area contributed by atoms with Gasteiger partial charge in [0.25, 0.3) is 6.47 Å². The third kappa shape index (κ3) is 10.2. The summed E-state index contributed by atoms with van der Waals surface area (Å²) < 4.78 is 9.60. The molecule has 4 amide bonds. The molecular weight excluding hydrogens is 678 g/mol. The van der Waals surface area contributed by atoms with Crippen molar-refractivity contribution in [1.82, 2.24) is 44.7 Å². The smallest absolute Gasteiger partial charge is 0.290 e. The van der Waals surface area contributed by atoms with E-state index in [1.54, 1.807) is 17.3 Å². The molecule has 0 fully saturated rings. The van der Waals surface area contributed by atoms with Crippen LogP contribution in [0.1, 0.15) is 47.8 Å². The maximum atomic E-state index is 13.7. The highest BCUT2D eigenvalue weighted by Crippen LogP contribution is 2.36. The van der Waals surface area contributed by atoms with E-state index in [0.29, 0.717) is 57.7 Å². The topological polar surface area (TPSA) is 194 Å². The standard InChI is InChI=1S/C33H39N9O5S.CH2O2/c43-28-18-39(31(46)16-24-8-15-48-20-24)13-10-36-29(44)19-40-23-37-32-27(40)7-12-42(30(45)6-2-11-41-22-34-21-38-41)33(32)25-4-1-5-26(17-25)47-14-3-9-35-28;2-1-3/h1,4-5,8,15,17,20-23,33H,2-3,6-7,9-14,16,18-19H2,(H,35,43)(H,36,44);1H,(H,2,3). The summed E-state index contributed by atoms with van der Waals surface area (Å²) >= 11 is 1.51. The maximum absolute atomic E-state index is 13.7. The van der Waals surface area contributed by atoms with E-state index in [1.807, 2.05) is 50.6 Å². The summed E-state index contributed by atoms with van der Waals surface area (Å²) in [6.07, 6.45) is 7.00. The number of hydrogen-bond acceptors (Lipinski definition) is 10. The number of benzene rings is 1. The number of hydrogen-bond donors (Lipinski definition) is 3. The third-order valence-electron chi connectivity index (χ3n) is 8.43. The minimum atomic E-state index is -0.451. The maximum Gasteiger partial charge on any atom is 0.290 e. The second kappa shape index (κ2) is 18.4. The number of ether oxygens (including phenoxy) is 1. The van der Waals surface area contributed by atoms with Gasteiger partial charge in [-0.1, -0.05) is 12.1 Å². The predicted octanol–water partition coefficient (Wildman–Crippen LogP) is 1.28. The van der Waals surface area contributed by atoms with E-state index in [4.69, 9.17) is 19.6 Å². The fourth-order valence-corrected chi connectivity index (χ4v) is 6.73. The zero-order valence-electron chi connectivity index (χ0n) is 28.1. The number of carbonyl (C=O) groups is 5. The fourth-order valence-electron chi connectivity index (χ4n) is 6.06. The Balaban J connectivity index is 0.00000162. The zero-order chi connectivity index (χ0) is 36.0. The summed E-state index contributed by atoms with van der Waals surface area (Å²) in [4.78, 5) is 73.1. The molecule has 16 nitrogen and oxygen atoms in total. The number of aromatic nitrogens is 5. The first-order chi connectivity index (χ1) is 24.9. The summed E-state index contributed by atoms with van der Waals surface area (Å²) in [5, 5.41) is 20.6. The summed E-state index contributed by atoms with van der Waals surface area (Å²) in [5.41, 5.74) is 3.38. The Kier molecular flexibility index (Phi) is 13.3. The number of aryl methyl sites for hydroxylation is 1. The number of thiophene rings is 1. The number of nitrogens with zero attached hydrogens (tertiary/aromatic N) is 7. The molecule has 3 aromatic heterocycles. The van der Waals surface area contributed by atoms with Gasteiger partial charge in [0.1, 0.15) is 31.0 Å². The molecule has 3 N–H and O–H groups in total. The summed E-state index contributed by atoms with van der Waals surface area (Å²) in [6, 6.07) is 9.09. The van der Waals surface area contributed by atoms with E-state index in [0.717, 1.165) is 22.5 Å². The first-order valence-corrected chi connectivity index (χ1v) is 17.6. The molecular formula is C34H41N9O7S. The van der Waals surface area contributed by atoms with Crippen molar-refractivity contribution < 1.29 is 33.8 Å². The Bertz CT molecular complexity index is 1760. The van der Waals surface area contributed by atoms with E-state index in [9.17, 15) is 19.2 Å². The van der Waals surface area contributed by atoms with Gasteiger partial charge in [0, 0.05) is 51.3 Å². The van der Waals surface area contributed by atoms with Crippen LogP contribution in [0.15, 0.2) is 60.1 Å². The first-order valence-electron chi connectivity index (χ1n) is 16.6. The third-order valence-corrected chi connectivity index (χ3v) is 9.16. The summed E-state index contributed by atoms with van der Waals surface area (Å²) in [6.45, 7) is 1.87. The van der Waals surface area contributed by atoms with E-state index in [-0.39, 0.29) is 62.7 Å². The Hall–Kier alpha value is -5.58. The van der Waals surface area contributed by atoms with Gasteiger partial charge in [-0.05, 0) is 52.9 Å². The Labute approximate surface area is 298 Å². The number of rotatable bonds is 6. The van der Waals surface area contributed by atoms with Crippen LogP contribution in [0.5, 0.6) is 5.75 Å². The lowest BCUT2D eigenvalue weighted by molar-refractivity contribution is -0.135. The predicted molar refractivity (Wildman–Crippen MR) is 185 cm³/mol. The molecule has 6 rings (SSSR count). The molecule has 0 aliphatic carbocycles. The number of carboxylic acid groups (broad SMARTS) is 1. The first kappa shape index (κ1) is 36.7. The normalized spacial score (nSPS) is 16.8. The van der Waals surface area contributed by atoms with Gasteiger partial charge in [-0.15, -0.1) is 0 Å². The van der Waals surface area contributed by atoms with E-state index in [2.05, 4.69) is 20.7 Å². The van der Waals surface area contributed by atoms with Crippen LogP contribution in [-0.2, 0) is 49.9 Å². The lowest BCUT2D eigenvalue weighted by Crippen LogP contribution is -2.45. The molecule has 0 saturated carbocycles. The summed E-state index contributed by atoms with van der Waals surface area (Å²) in [5.74, 6) is -0.0492. The number of nitrogens with one attached hydrogen (secondary N) is 2. The zero-order valence-corrected chi connectivity index (χ0v) is 28.9. The van der Waals surface area contributed by atoms with Crippen LogP contribution in [-0.4, -0.2) is 109 Å². The van der Waals surface area contributed by atoms with Gasteiger partial charge < -0.3 is 34.8 Å². The highest BCUT2D eigenvalue weighted by atomic mass is 32.1. The van der Waals surface area contributed by atoms with Crippen molar-refractivity contribution in [2.75, 3.05) is 39.3 Å². The lowest BCUT2D eigenvalue weighted by atomic mass is 9.94. The van der Waals surface area contributed by atoms with Crippen LogP contribution >= 0.6 is 11.3 Å². The monoisotopic (exact) mass is 719 g/mol. The fraction of sp³-hybridized carbons (Fsp3) is 0.412. The van der Waals surface area contributed by atoms with Crippen molar-refractivity contribution >= 4 is 41.4 Å². The number of carbonyl (C=O) groups excluding carboxylic acids is 4. The van der Waals surface area contributed by atoms with Crippen LogP contribution in [0.25, 0.3) is 0 Å². The number of fused-ring (bicyclic) bond motifs is 3. The quantitative estimate of drug-likeness (QED) is 0.245. The minimum absolute atomic E-state index is 0.00711. The molecule has 0 spiro atoms. The number of imidazole rings is 1. The average molecular weight is 720 g/mol. The highest BCUT2D eigenvalue weighted by molar-refractivity contribution is 7.08. The molecule has 1 unspecified atom stereocenters. The van der Waals surface area contributed by atoms with Crippen LogP contribution in [0.3, 0.4) is 0 Å². The van der Waals surface area contributed by atoms with Gasteiger partial charge in [0.15, 0.2) is 0 Å². The molecule has 6 bridgehead atoms. The van der Waals surface area contributed by atoms with Crippen molar-refractivity contribution in [3.63, 3.8) is 0 Å². The second-order valence-corrected chi connectivity index (χ2v) is 12.7. The van der Waals surface area contributed by atoms with Crippen molar-refractivity contribution in [2.24, 2.45) is 0 Å². The molecule has 51 heavy (non-hydrogen) atoms. The van der Waals surface area contributed by atoms with Gasteiger partial charge in [-0.3, -0.25) is 28.7 Å². The summed E-state index contributed by atoms with van der Waals surface area (Å²) in [7, 11) is 0. The van der Waals surface area contributed by atoms with Gasteiger partial charge in [-0.25, -0.2) is 9.97 Å². The average Bonchev–Trinajstić information content (AvgIpc) is 3.91. The molecule has 2 aliphatic rings. The second-order valence-electron chi connectivity index (χ2n) is 11.9. The van der Waals surface area contributed by atoms with Crippen LogP contribution in [0.4, 0.5) is 0 Å². The van der Waals surface area contributed by atoms with Gasteiger partial charge in [0.2, 0.25) is 23.6 Å². The van der Waals surface area contributed by atoms with Crippen molar-refractivity contribution in [1.29, 1.82) is 0 Å². The van der Waals surface area contributed by atoms with Gasteiger partial charge >= 0.3 is 0 Å². The molecule has 4 aromatic rings. The van der Waals surface area contributed by atoms with Crippen LogP contribution in [0, 0.1) is 0 Å². The molecule has 1 atom stereocenters. The highest BCUT2D eigenvalue weighted by Gasteiger charge is 2.35. The molecule has 2 aliphatic heterocycles. The Morgan fingerprint density at radius 2 is 1.88 bits per heavy atom. The van der Waals surface area contributed by atoms with Crippen molar-refractivity contribution in [3.05, 3.63) is 82.6 Å². The molecule has 5 heterocycles. The Morgan fingerprint density at radius 1 is 1.06 bits per heavy atom. The van der Waals surface area contributed by atoms with E-state index < -0.39 is 6.04 Å². The van der Waals surface area contributed by atoms with Crippen molar-refractivity contribution in [2.45, 2.75) is 51.2 Å². The molecule has 0 radical (unpaired) electrons. The van der Waals surface area contributed by atoms with E-state index in [1.165, 1.54) is 22.6 Å². The molecule has 0 saturated heterocycles. The largest absolute Gasteiger partial charge is 0.494 e. The van der Waals surface area contributed by atoms with Crippen LogP contribution in [0.2, 0.25) is 0 Å². The molecule has 1 aromatic carbocycles. The Morgan fingerprint density at radius 3 is 2.67 bits per heavy atom. The SMILES string of the molecule is O=C1CN(C(=O)Cc2ccsc2)CCNC(=O)Cn2cnc3c2CCN(C(=O)CCCn2cncn2)C3c2cccc(c2)OCCCN1.O=CO. The molecule has 270 valence electrons. The van der Waals surface area contributed by atoms with E-state index >= 15 is 0 Å². The van der Waals surface area contributed by atoms with Crippen molar-refractivity contribution in [3.8, 4) is 5.75 Å². The minimum Gasteiger partial charge on any atom is -0.494 e. The van der Waals surface area contributed by atoms with Gasteiger partial charge in [-0.2, -0.15) is 16.4 Å². The van der Waals surface area contributed by atoms with Crippen LogP contribution < -0.4 is 15.4 Å².